The van der Waals surface area contributed by atoms with Crippen molar-refractivity contribution in [3.8, 4) is 10.6 Å². The second-order valence-electron chi connectivity index (χ2n) is 4.72. The van der Waals surface area contributed by atoms with Crippen LogP contribution in [0.1, 0.15) is 0 Å². The van der Waals surface area contributed by atoms with Crippen molar-refractivity contribution in [1.82, 2.24) is 19.7 Å². The number of thiophene rings is 1. The van der Waals surface area contributed by atoms with Gasteiger partial charge in [0.05, 0.1) is 11.4 Å². The van der Waals surface area contributed by atoms with Crippen molar-refractivity contribution in [3.05, 3.63) is 52.4 Å². The quantitative estimate of drug-likeness (QED) is 0.719. The standard InChI is InChI=1S/C15H16N6OS/c1-16-13-9-14(19-10-18-13)17-6-7-21-15(22)5-4-11(20-21)12-3-2-8-23-12/h2-5,8-10H,6-7H2,1H3,(H2,16,17,18,19). The molecule has 0 saturated heterocycles. The van der Waals surface area contributed by atoms with Gasteiger partial charge in [-0.05, 0) is 17.5 Å². The minimum atomic E-state index is -0.120. The molecule has 3 heterocycles. The molecule has 3 rings (SSSR count). The second-order valence-corrected chi connectivity index (χ2v) is 5.67. The Morgan fingerprint density at radius 3 is 2.87 bits per heavy atom. The van der Waals surface area contributed by atoms with E-state index in [9.17, 15) is 4.79 Å². The van der Waals surface area contributed by atoms with Crippen LogP contribution in [-0.4, -0.2) is 33.3 Å². The van der Waals surface area contributed by atoms with E-state index in [0.717, 1.165) is 16.4 Å². The molecule has 0 atom stereocenters. The Morgan fingerprint density at radius 2 is 2.09 bits per heavy atom. The Hall–Kier alpha value is -2.74. The van der Waals surface area contributed by atoms with E-state index in [2.05, 4.69) is 25.7 Å². The number of anilines is 2. The summed E-state index contributed by atoms with van der Waals surface area (Å²) in [7, 11) is 1.80. The molecular formula is C15H16N6OS. The summed E-state index contributed by atoms with van der Waals surface area (Å²) in [5, 5.41) is 12.5. The molecule has 0 amide bonds. The third kappa shape index (κ3) is 3.72. The van der Waals surface area contributed by atoms with Gasteiger partial charge in [0, 0.05) is 25.7 Å². The monoisotopic (exact) mass is 328 g/mol. The molecule has 0 saturated carbocycles. The first-order valence-corrected chi connectivity index (χ1v) is 8.00. The van der Waals surface area contributed by atoms with Crippen LogP contribution in [0.25, 0.3) is 10.6 Å². The lowest BCUT2D eigenvalue weighted by Crippen LogP contribution is -2.25. The van der Waals surface area contributed by atoms with Gasteiger partial charge in [0.1, 0.15) is 23.7 Å². The smallest absolute Gasteiger partial charge is 0.266 e. The maximum Gasteiger partial charge on any atom is 0.266 e. The Labute approximate surface area is 137 Å². The van der Waals surface area contributed by atoms with Gasteiger partial charge in [-0.15, -0.1) is 11.3 Å². The third-order valence-corrected chi connectivity index (χ3v) is 4.09. The molecule has 0 aliphatic heterocycles. The minimum Gasteiger partial charge on any atom is -0.373 e. The number of nitrogens with one attached hydrogen (secondary N) is 2. The summed E-state index contributed by atoms with van der Waals surface area (Å²) in [6, 6.07) is 9.05. The molecule has 23 heavy (non-hydrogen) atoms. The molecular weight excluding hydrogens is 312 g/mol. The predicted molar refractivity (Wildman–Crippen MR) is 91.9 cm³/mol. The van der Waals surface area contributed by atoms with Gasteiger partial charge in [-0.1, -0.05) is 6.07 Å². The number of aromatic nitrogens is 4. The molecule has 0 spiro atoms. The molecule has 8 heteroatoms. The Balaban J connectivity index is 1.68. The lowest BCUT2D eigenvalue weighted by Gasteiger charge is -2.08. The average molecular weight is 328 g/mol. The first kappa shape index (κ1) is 15.2. The van der Waals surface area contributed by atoms with Gasteiger partial charge in [0.25, 0.3) is 5.56 Å². The van der Waals surface area contributed by atoms with Crippen LogP contribution in [0.15, 0.2) is 46.8 Å². The summed E-state index contributed by atoms with van der Waals surface area (Å²) in [5.41, 5.74) is 0.685. The zero-order valence-corrected chi connectivity index (χ0v) is 13.4. The van der Waals surface area contributed by atoms with E-state index >= 15 is 0 Å². The number of hydrogen-bond acceptors (Lipinski definition) is 7. The van der Waals surface area contributed by atoms with Gasteiger partial charge < -0.3 is 10.6 Å². The van der Waals surface area contributed by atoms with Gasteiger partial charge in [0.2, 0.25) is 0 Å². The van der Waals surface area contributed by atoms with Crippen molar-refractivity contribution in [2.75, 3.05) is 24.2 Å². The predicted octanol–water partition coefficient (Wildman–Crippen LogP) is 1.92. The molecule has 0 aliphatic rings. The molecule has 118 valence electrons. The summed E-state index contributed by atoms with van der Waals surface area (Å²) in [6.07, 6.45) is 1.48. The molecule has 3 aromatic heterocycles. The van der Waals surface area contributed by atoms with Gasteiger partial charge in [-0.3, -0.25) is 4.79 Å². The van der Waals surface area contributed by atoms with Crippen molar-refractivity contribution < 1.29 is 0 Å². The normalized spacial score (nSPS) is 10.5. The van der Waals surface area contributed by atoms with E-state index in [1.54, 1.807) is 36.6 Å². The molecule has 3 aromatic rings. The molecule has 0 radical (unpaired) electrons. The van der Waals surface area contributed by atoms with Crippen LogP contribution in [0.2, 0.25) is 0 Å². The highest BCUT2D eigenvalue weighted by Crippen LogP contribution is 2.20. The van der Waals surface area contributed by atoms with E-state index in [4.69, 9.17) is 0 Å². The van der Waals surface area contributed by atoms with Gasteiger partial charge >= 0.3 is 0 Å². The van der Waals surface area contributed by atoms with Gasteiger partial charge in [-0.25, -0.2) is 14.6 Å². The highest BCUT2D eigenvalue weighted by molar-refractivity contribution is 7.13. The Kier molecular flexibility index (Phi) is 4.62. The number of rotatable bonds is 6. The molecule has 0 fully saturated rings. The number of nitrogens with zero attached hydrogens (tertiary/aromatic N) is 4. The van der Waals surface area contributed by atoms with Gasteiger partial charge in [0.15, 0.2) is 0 Å². The van der Waals surface area contributed by atoms with Crippen molar-refractivity contribution in [2.24, 2.45) is 0 Å². The molecule has 7 nitrogen and oxygen atoms in total. The average Bonchev–Trinajstić information content (AvgIpc) is 3.11. The van der Waals surface area contributed by atoms with E-state index in [0.29, 0.717) is 18.9 Å². The van der Waals surface area contributed by atoms with Crippen molar-refractivity contribution in [3.63, 3.8) is 0 Å². The van der Waals surface area contributed by atoms with Crippen LogP contribution in [0, 0.1) is 0 Å². The van der Waals surface area contributed by atoms with Crippen LogP contribution < -0.4 is 16.2 Å². The van der Waals surface area contributed by atoms with Crippen LogP contribution in [0.5, 0.6) is 0 Å². The van der Waals surface area contributed by atoms with Crippen LogP contribution >= 0.6 is 11.3 Å². The van der Waals surface area contributed by atoms with Crippen molar-refractivity contribution >= 4 is 23.0 Å². The molecule has 0 aliphatic carbocycles. The first-order valence-electron chi connectivity index (χ1n) is 7.12. The summed E-state index contributed by atoms with van der Waals surface area (Å²) in [4.78, 5) is 21.1. The minimum absolute atomic E-state index is 0.120. The topological polar surface area (TPSA) is 84.7 Å². The zero-order valence-electron chi connectivity index (χ0n) is 12.6. The van der Waals surface area contributed by atoms with Crippen molar-refractivity contribution in [2.45, 2.75) is 6.54 Å². The molecule has 2 N–H and O–H groups in total. The maximum atomic E-state index is 11.9. The summed E-state index contributed by atoms with van der Waals surface area (Å²) < 4.78 is 1.46. The molecule has 0 unspecified atom stereocenters. The lowest BCUT2D eigenvalue weighted by molar-refractivity contribution is 0.600. The lowest BCUT2D eigenvalue weighted by atomic mass is 10.3. The van der Waals surface area contributed by atoms with Crippen molar-refractivity contribution in [1.29, 1.82) is 0 Å². The first-order chi connectivity index (χ1) is 11.3. The maximum absolute atomic E-state index is 11.9. The fourth-order valence-corrected chi connectivity index (χ4v) is 2.74. The fraction of sp³-hybridized carbons (Fsp3) is 0.200. The summed E-state index contributed by atoms with van der Waals surface area (Å²) >= 11 is 1.60. The third-order valence-electron chi connectivity index (χ3n) is 3.19. The molecule has 0 aromatic carbocycles. The Bertz CT molecular complexity index is 830. The largest absolute Gasteiger partial charge is 0.373 e. The highest BCUT2D eigenvalue weighted by Gasteiger charge is 2.04. The second kappa shape index (κ2) is 7.01. The summed E-state index contributed by atoms with van der Waals surface area (Å²) in [5.74, 6) is 1.43. The van der Waals surface area contributed by atoms with E-state index in [1.165, 1.54) is 11.0 Å². The Morgan fingerprint density at radius 1 is 1.22 bits per heavy atom. The van der Waals surface area contributed by atoms with Crippen LogP contribution in [0.4, 0.5) is 11.6 Å². The van der Waals surface area contributed by atoms with E-state index < -0.39 is 0 Å². The fourth-order valence-electron chi connectivity index (χ4n) is 2.05. The zero-order chi connectivity index (χ0) is 16.1. The number of hydrogen-bond donors (Lipinski definition) is 2. The summed E-state index contributed by atoms with van der Waals surface area (Å²) in [6.45, 7) is 0.998. The molecule has 0 bridgehead atoms. The SMILES string of the molecule is CNc1cc(NCCn2nc(-c3cccs3)ccc2=O)ncn1. The highest BCUT2D eigenvalue weighted by atomic mass is 32.1. The van der Waals surface area contributed by atoms with E-state index in [1.807, 2.05) is 17.5 Å². The van der Waals surface area contributed by atoms with E-state index in [-0.39, 0.29) is 5.56 Å². The van der Waals surface area contributed by atoms with Gasteiger partial charge in [-0.2, -0.15) is 5.10 Å². The van der Waals surface area contributed by atoms with Crippen LogP contribution in [0.3, 0.4) is 0 Å². The van der Waals surface area contributed by atoms with Crippen LogP contribution in [-0.2, 0) is 6.54 Å².